The third-order valence-corrected chi connectivity index (χ3v) is 7.71. The highest BCUT2D eigenvalue weighted by atomic mass is 32.2. The maximum atomic E-state index is 13.2. The third-order valence-electron chi connectivity index (χ3n) is 5.86. The van der Waals surface area contributed by atoms with Gasteiger partial charge in [0, 0.05) is 24.5 Å². The van der Waals surface area contributed by atoms with E-state index in [4.69, 9.17) is 9.47 Å². The number of fused-ring (bicyclic) bond motifs is 1. The Morgan fingerprint density at radius 2 is 1.75 bits per heavy atom. The molecule has 1 aromatic heterocycles. The Morgan fingerprint density at radius 1 is 1.09 bits per heavy atom. The lowest BCUT2D eigenvalue weighted by Crippen LogP contribution is -2.29. The average molecular weight is 460 g/mol. The van der Waals surface area contributed by atoms with Crippen molar-refractivity contribution in [2.24, 2.45) is 5.92 Å². The molecule has 9 nitrogen and oxygen atoms in total. The summed E-state index contributed by atoms with van der Waals surface area (Å²) in [5, 5.41) is 14.6. The Hall–Kier alpha value is -3.11. The molecule has 0 amide bonds. The van der Waals surface area contributed by atoms with Crippen LogP contribution in [0.25, 0.3) is 10.9 Å². The van der Waals surface area contributed by atoms with Crippen LogP contribution in [0.3, 0.4) is 0 Å². The lowest BCUT2D eigenvalue weighted by Gasteiger charge is -2.18. The summed E-state index contributed by atoms with van der Waals surface area (Å²) in [6.07, 6.45) is -0.217. The van der Waals surface area contributed by atoms with Crippen LogP contribution in [0.15, 0.2) is 47.4 Å². The molecule has 1 aliphatic heterocycles. The van der Waals surface area contributed by atoms with E-state index in [0.29, 0.717) is 23.7 Å². The summed E-state index contributed by atoms with van der Waals surface area (Å²) >= 11 is 0. The second kappa shape index (κ2) is 8.44. The monoisotopic (exact) mass is 459 g/mol. The molecule has 32 heavy (non-hydrogen) atoms. The van der Waals surface area contributed by atoms with Crippen molar-refractivity contribution in [1.29, 1.82) is 0 Å². The quantitative estimate of drug-likeness (QED) is 0.578. The van der Waals surface area contributed by atoms with Crippen LogP contribution in [0, 0.1) is 5.92 Å². The van der Waals surface area contributed by atoms with Gasteiger partial charge in [-0.05, 0) is 42.3 Å². The van der Waals surface area contributed by atoms with Crippen LogP contribution in [0.5, 0.6) is 11.5 Å². The Balaban J connectivity index is 1.70. The molecule has 4 rings (SSSR count). The Bertz CT molecular complexity index is 1250. The van der Waals surface area contributed by atoms with E-state index in [9.17, 15) is 18.3 Å². The number of benzene rings is 2. The van der Waals surface area contributed by atoms with Gasteiger partial charge in [-0.15, -0.1) is 0 Å². The van der Waals surface area contributed by atoms with Crippen molar-refractivity contribution in [1.82, 2.24) is 14.1 Å². The van der Waals surface area contributed by atoms with Crippen LogP contribution in [0.2, 0.25) is 0 Å². The summed E-state index contributed by atoms with van der Waals surface area (Å²) in [5.41, 5.74) is 1.17. The van der Waals surface area contributed by atoms with E-state index < -0.39 is 16.0 Å². The fourth-order valence-corrected chi connectivity index (χ4v) is 5.71. The largest absolute Gasteiger partial charge is 0.497 e. The van der Waals surface area contributed by atoms with Crippen molar-refractivity contribution in [2.45, 2.75) is 24.3 Å². The van der Waals surface area contributed by atoms with Gasteiger partial charge in [0.05, 0.1) is 42.8 Å². The topological polar surface area (TPSA) is 111 Å². The molecule has 0 radical (unpaired) electrons. The fraction of sp³-hybridized carbons (Fsp3) is 0.364. The lowest BCUT2D eigenvalue weighted by atomic mass is 10.1. The van der Waals surface area contributed by atoms with Gasteiger partial charge in [-0.3, -0.25) is 9.48 Å². The third kappa shape index (κ3) is 3.91. The smallest absolute Gasteiger partial charge is 0.309 e. The minimum atomic E-state index is -3.70. The van der Waals surface area contributed by atoms with E-state index in [1.807, 2.05) is 6.92 Å². The number of sulfonamides is 1. The zero-order valence-electron chi connectivity index (χ0n) is 18.1. The number of rotatable bonds is 7. The number of aromatic nitrogens is 2. The molecule has 1 aliphatic rings. The second-order valence-corrected chi connectivity index (χ2v) is 9.82. The molecule has 2 heterocycles. The van der Waals surface area contributed by atoms with Crippen molar-refractivity contribution >= 4 is 26.9 Å². The summed E-state index contributed by atoms with van der Waals surface area (Å²) in [7, 11) is -0.615. The predicted octanol–water partition coefficient (Wildman–Crippen LogP) is 2.56. The number of aliphatic carboxylic acids is 1. The highest BCUT2D eigenvalue weighted by molar-refractivity contribution is 7.89. The Kier molecular flexibility index (Phi) is 5.83. The summed E-state index contributed by atoms with van der Waals surface area (Å²) in [5.74, 6) is 0.193. The molecular weight excluding hydrogens is 434 g/mol. The van der Waals surface area contributed by atoms with Crippen molar-refractivity contribution in [3.05, 3.63) is 48.2 Å². The molecule has 0 bridgehead atoms. The van der Waals surface area contributed by atoms with Crippen LogP contribution in [0.4, 0.5) is 0 Å². The number of hydrogen-bond acceptors (Lipinski definition) is 6. The molecule has 1 fully saturated rings. The molecule has 2 aromatic carbocycles. The minimum Gasteiger partial charge on any atom is -0.497 e. The fourth-order valence-electron chi connectivity index (χ4n) is 4.15. The van der Waals surface area contributed by atoms with Gasteiger partial charge in [0.25, 0.3) is 0 Å². The SMILES string of the molecule is COc1ccc(S(=O)(=O)N2C[C@@H](C)[C@@H](n3nc(CC(=O)O)c4ccc(OC)cc43)C2)cc1. The highest BCUT2D eigenvalue weighted by Crippen LogP contribution is 2.35. The number of nitrogens with zero attached hydrogens (tertiary/aromatic N) is 3. The molecule has 2 atom stereocenters. The van der Waals surface area contributed by atoms with Gasteiger partial charge in [-0.25, -0.2) is 8.42 Å². The number of ether oxygens (including phenoxy) is 2. The van der Waals surface area contributed by atoms with E-state index in [-0.39, 0.29) is 29.8 Å². The average Bonchev–Trinajstić information content (AvgIpc) is 3.33. The zero-order valence-corrected chi connectivity index (χ0v) is 18.9. The first-order valence-electron chi connectivity index (χ1n) is 10.2. The van der Waals surface area contributed by atoms with Crippen molar-refractivity contribution in [3.63, 3.8) is 0 Å². The zero-order chi connectivity index (χ0) is 23.0. The number of hydrogen-bond donors (Lipinski definition) is 1. The van der Waals surface area contributed by atoms with Crippen LogP contribution in [-0.4, -0.2) is 60.9 Å². The minimum absolute atomic E-state index is 0.0324. The van der Waals surface area contributed by atoms with E-state index in [0.717, 1.165) is 10.9 Å². The van der Waals surface area contributed by atoms with E-state index in [1.165, 1.54) is 23.5 Å². The van der Waals surface area contributed by atoms with Gasteiger partial charge in [-0.1, -0.05) is 6.92 Å². The first-order chi connectivity index (χ1) is 15.2. The molecule has 0 saturated carbocycles. The standard InChI is InChI=1S/C22H25N3O6S/c1-14-12-24(32(28,29)17-7-4-15(30-2)5-8-17)13-21(14)25-20-10-16(31-3)6-9-18(20)19(23-25)11-22(26)27/h4-10,14,21H,11-13H2,1-3H3,(H,26,27)/t14-,21+/m1/s1. The number of carbonyl (C=O) groups is 1. The molecule has 1 N–H and O–H groups in total. The maximum absolute atomic E-state index is 13.2. The second-order valence-electron chi connectivity index (χ2n) is 7.89. The van der Waals surface area contributed by atoms with Gasteiger partial charge in [-0.2, -0.15) is 9.40 Å². The van der Waals surface area contributed by atoms with E-state index in [1.54, 1.807) is 42.1 Å². The molecule has 170 valence electrons. The van der Waals surface area contributed by atoms with E-state index in [2.05, 4.69) is 5.10 Å². The van der Waals surface area contributed by atoms with Crippen LogP contribution in [0.1, 0.15) is 18.7 Å². The van der Waals surface area contributed by atoms with Gasteiger partial charge >= 0.3 is 5.97 Å². The maximum Gasteiger partial charge on any atom is 0.309 e. The molecule has 3 aromatic rings. The van der Waals surface area contributed by atoms with Crippen LogP contribution in [-0.2, 0) is 21.2 Å². The first kappa shape index (κ1) is 22.1. The molecule has 0 unspecified atom stereocenters. The Morgan fingerprint density at radius 3 is 2.38 bits per heavy atom. The number of methoxy groups -OCH3 is 2. The first-order valence-corrected chi connectivity index (χ1v) is 11.6. The normalized spacial score (nSPS) is 19.3. The van der Waals surface area contributed by atoms with Gasteiger partial charge < -0.3 is 14.6 Å². The van der Waals surface area contributed by atoms with Gasteiger partial charge in [0.1, 0.15) is 11.5 Å². The van der Waals surface area contributed by atoms with Gasteiger partial charge in [0.15, 0.2) is 0 Å². The molecule has 0 spiro atoms. The van der Waals surface area contributed by atoms with Crippen LogP contribution < -0.4 is 9.47 Å². The van der Waals surface area contributed by atoms with Crippen LogP contribution >= 0.6 is 0 Å². The molecule has 0 aliphatic carbocycles. The molecule has 10 heteroatoms. The number of carboxylic acids is 1. The van der Waals surface area contributed by atoms with Crippen molar-refractivity contribution in [3.8, 4) is 11.5 Å². The van der Waals surface area contributed by atoms with Gasteiger partial charge in [0.2, 0.25) is 10.0 Å². The summed E-state index contributed by atoms with van der Waals surface area (Å²) in [6.45, 7) is 2.54. The summed E-state index contributed by atoms with van der Waals surface area (Å²) in [6, 6.07) is 11.4. The summed E-state index contributed by atoms with van der Waals surface area (Å²) < 4.78 is 40.1. The van der Waals surface area contributed by atoms with Crippen molar-refractivity contribution in [2.75, 3.05) is 27.3 Å². The van der Waals surface area contributed by atoms with Crippen molar-refractivity contribution < 1.29 is 27.8 Å². The highest BCUT2D eigenvalue weighted by Gasteiger charge is 2.39. The lowest BCUT2D eigenvalue weighted by molar-refractivity contribution is -0.136. The predicted molar refractivity (Wildman–Crippen MR) is 118 cm³/mol. The van der Waals surface area contributed by atoms with E-state index >= 15 is 0 Å². The molecular formula is C22H25N3O6S. The number of carboxylic acid groups (broad SMARTS) is 1. The summed E-state index contributed by atoms with van der Waals surface area (Å²) in [4.78, 5) is 11.5. The molecule has 1 saturated heterocycles. The Labute approximate surface area is 186 Å².